The highest BCUT2D eigenvalue weighted by atomic mass is 16.5. The summed E-state index contributed by atoms with van der Waals surface area (Å²) in [7, 11) is 1.62. The molecule has 0 spiro atoms. The number of hydrogen-bond donors (Lipinski definition) is 2. The van der Waals surface area contributed by atoms with Crippen molar-refractivity contribution < 1.29 is 9.53 Å². The van der Waals surface area contributed by atoms with Crippen molar-refractivity contribution in [3.05, 3.63) is 54.1 Å². The lowest BCUT2D eigenvalue weighted by Gasteiger charge is -2.09. The van der Waals surface area contributed by atoms with Crippen LogP contribution in [0.15, 0.2) is 48.5 Å². The van der Waals surface area contributed by atoms with Crippen molar-refractivity contribution >= 4 is 5.91 Å². The van der Waals surface area contributed by atoms with Gasteiger partial charge in [0.15, 0.2) is 0 Å². The maximum atomic E-state index is 11.5. The van der Waals surface area contributed by atoms with Gasteiger partial charge in [-0.15, -0.1) is 0 Å². The van der Waals surface area contributed by atoms with Gasteiger partial charge in [-0.3, -0.25) is 10.2 Å². The first-order valence-electron chi connectivity index (χ1n) is 5.50. The largest absolute Gasteiger partial charge is 0.496 e. The van der Waals surface area contributed by atoms with Gasteiger partial charge in [0, 0.05) is 11.1 Å². The molecule has 0 aliphatic heterocycles. The Morgan fingerprint density at radius 1 is 1.17 bits per heavy atom. The van der Waals surface area contributed by atoms with E-state index >= 15 is 0 Å². The van der Waals surface area contributed by atoms with Crippen LogP contribution in [0.2, 0.25) is 0 Å². The van der Waals surface area contributed by atoms with Gasteiger partial charge in [-0.05, 0) is 23.8 Å². The van der Waals surface area contributed by atoms with Gasteiger partial charge in [0.05, 0.1) is 7.11 Å². The second-order valence-corrected chi connectivity index (χ2v) is 3.75. The number of carbonyl (C=O) groups excluding carboxylic acids is 1. The number of amides is 1. The topological polar surface area (TPSA) is 64.3 Å². The summed E-state index contributed by atoms with van der Waals surface area (Å²) in [4.78, 5) is 11.5. The Bertz CT molecular complexity index is 567. The van der Waals surface area contributed by atoms with E-state index in [1.165, 1.54) is 0 Å². The molecule has 0 aliphatic rings. The number of nitrogens with one attached hydrogen (secondary N) is 1. The van der Waals surface area contributed by atoms with Gasteiger partial charge in [-0.25, -0.2) is 5.84 Å². The van der Waals surface area contributed by atoms with E-state index in [9.17, 15) is 4.79 Å². The van der Waals surface area contributed by atoms with Gasteiger partial charge in [0.2, 0.25) is 0 Å². The molecule has 2 aromatic carbocycles. The second-order valence-electron chi connectivity index (χ2n) is 3.75. The Balaban J connectivity index is 2.48. The van der Waals surface area contributed by atoms with E-state index < -0.39 is 0 Å². The molecule has 0 bridgehead atoms. The average Bonchev–Trinajstić information content (AvgIpc) is 2.46. The Morgan fingerprint density at radius 3 is 2.67 bits per heavy atom. The molecule has 0 saturated heterocycles. The smallest absolute Gasteiger partial charge is 0.265 e. The Labute approximate surface area is 105 Å². The van der Waals surface area contributed by atoms with Crippen molar-refractivity contribution in [1.82, 2.24) is 5.43 Å². The summed E-state index contributed by atoms with van der Waals surface area (Å²) in [6, 6.07) is 14.9. The third-order valence-electron chi connectivity index (χ3n) is 2.67. The molecule has 4 heteroatoms. The number of hydrogen-bond acceptors (Lipinski definition) is 3. The molecule has 2 aromatic rings. The molecule has 2 rings (SSSR count). The van der Waals surface area contributed by atoms with Crippen molar-refractivity contribution in [3.8, 4) is 16.9 Å². The summed E-state index contributed by atoms with van der Waals surface area (Å²) >= 11 is 0. The minimum Gasteiger partial charge on any atom is -0.496 e. The van der Waals surface area contributed by atoms with E-state index in [4.69, 9.17) is 10.6 Å². The predicted octanol–water partition coefficient (Wildman–Crippen LogP) is 1.97. The quantitative estimate of drug-likeness (QED) is 0.491. The van der Waals surface area contributed by atoms with E-state index in [1.807, 2.05) is 36.4 Å². The summed E-state index contributed by atoms with van der Waals surface area (Å²) < 4.78 is 5.30. The number of hydrazine groups is 1. The number of nitrogen functional groups attached to an aromatic ring is 1. The fourth-order valence-electron chi connectivity index (χ4n) is 1.79. The molecular formula is C14H14N2O2. The minimum absolute atomic E-state index is 0.313. The van der Waals surface area contributed by atoms with E-state index in [0.29, 0.717) is 5.56 Å². The van der Waals surface area contributed by atoms with Crippen LogP contribution in [0, 0.1) is 0 Å². The minimum atomic E-state index is -0.313. The first-order valence-corrected chi connectivity index (χ1v) is 5.50. The zero-order valence-corrected chi connectivity index (χ0v) is 10.0. The Kier molecular flexibility index (Phi) is 3.60. The number of benzene rings is 2. The molecule has 0 heterocycles. The fraction of sp³-hybridized carbons (Fsp3) is 0.0714. The Morgan fingerprint density at radius 2 is 1.94 bits per heavy atom. The highest BCUT2D eigenvalue weighted by Crippen LogP contribution is 2.29. The number of nitrogens with two attached hydrogens (primary N) is 1. The highest BCUT2D eigenvalue weighted by molar-refractivity contribution is 5.95. The van der Waals surface area contributed by atoms with Crippen molar-refractivity contribution in [3.63, 3.8) is 0 Å². The van der Waals surface area contributed by atoms with Gasteiger partial charge < -0.3 is 4.74 Å². The summed E-state index contributed by atoms with van der Waals surface area (Å²) in [5.41, 5.74) is 4.48. The van der Waals surface area contributed by atoms with Crippen LogP contribution in [0.4, 0.5) is 0 Å². The van der Waals surface area contributed by atoms with Crippen LogP contribution in [0.5, 0.6) is 5.75 Å². The van der Waals surface area contributed by atoms with Gasteiger partial charge in [0.1, 0.15) is 5.75 Å². The number of rotatable bonds is 3. The summed E-state index contributed by atoms with van der Waals surface area (Å²) in [5.74, 6) is 5.58. The van der Waals surface area contributed by atoms with Crippen molar-refractivity contribution in [2.24, 2.45) is 5.84 Å². The molecule has 0 radical (unpaired) electrons. The molecule has 0 atom stereocenters. The fourth-order valence-corrected chi connectivity index (χ4v) is 1.79. The first kappa shape index (κ1) is 12.1. The number of carbonyl (C=O) groups is 1. The van der Waals surface area contributed by atoms with Crippen LogP contribution in [0.1, 0.15) is 10.4 Å². The predicted molar refractivity (Wildman–Crippen MR) is 70.1 cm³/mol. The average molecular weight is 242 g/mol. The zero-order valence-electron chi connectivity index (χ0n) is 10.0. The van der Waals surface area contributed by atoms with Crippen LogP contribution in [0.3, 0.4) is 0 Å². The van der Waals surface area contributed by atoms with Crippen LogP contribution in [0.25, 0.3) is 11.1 Å². The molecule has 92 valence electrons. The summed E-state index contributed by atoms with van der Waals surface area (Å²) in [5, 5.41) is 0. The van der Waals surface area contributed by atoms with Gasteiger partial charge in [0.25, 0.3) is 5.91 Å². The van der Waals surface area contributed by atoms with E-state index in [-0.39, 0.29) is 5.91 Å². The van der Waals surface area contributed by atoms with Crippen molar-refractivity contribution in [1.29, 1.82) is 0 Å². The van der Waals surface area contributed by atoms with Crippen LogP contribution in [-0.4, -0.2) is 13.0 Å². The lowest BCUT2D eigenvalue weighted by molar-refractivity contribution is 0.0953. The maximum Gasteiger partial charge on any atom is 0.265 e. The lowest BCUT2D eigenvalue weighted by Crippen LogP contribution is -2.29. The number of ether oxygens (including phenoxy) is 1. The van der Waals surface area contributed by atoms with Gasteiger partial charge in [-0.1, -0.05) is 30.3 Å². The molecular weight excluding hydrogens is 228 g/mol. The van der Waals surface area contributed by atoms with Crippen LogP contribution < -0.4 is 16.0 Å². The third-order valence-corrected chi connectivity index (χ3v) is 2.67. The van der Waals surface area contributed by atoms with E-state index in [2.05, 4.69) is 5.43 Å². The molecule has 18 heavy (non-hydrogen) atoms. The maximum absolute atomic E-state index is 11.5. The Hall–Kier alpha value is -2.33. The van der Waals surface area contributed by atoms with Crippen molar-refractivity contribution in [2.45, 2.75) is 0 Å². The zero-order chi connectivity index (χ0) is 13.0. The molecule has 0 fully saturated rings. The summed E-state index contributed by atoms with van der Waals surface area (Å²) in [6.45, 7) is 0. The molecule has 4 nitrogen and oxygen atoms in total. The van der Waals surface area contributed by atoms with E-state index in [0.717, 1.165) is 16.9 Å². The SMILES string of the molecule is COc1ccccc1-c1cccc(C(=O)NN)c1. The molecule has 0 aliphatic carbocycles. The number of para-hydroxylation sites is 1. The molecule has 0 unspecified atom stereocenters. The van der Waals surface area contributed by atoms with Gasteiger partial charge in [-0.2, -0.15) is 0 Å². The van der Waals surface area contributed by atoms with Crippen molar-refractivity contribution in [2.75, 3.05) is 7.11 Å². The van der Waals surface area contributed by atoms with Crippen LogP contribution >= 0.6 is 0 Å². The third kappa shape index (κ3) is 2.33. The molecule has 3 N–H and O–H groups in total. The normalized spacial score (nSPS) is 9.89. The molecule has 1 amide bonds. The first-order chi connectivity index (χ1) is 8.76. The standard InChI is InChI=1S/C14H14N2O2/c1-18-13-8-3-2-7-12(13)10-5-4-6-11(9-10)14(17)16-15/h2-9H,15H2,1H3,(H,16,17). The van der Waals surface area contributed by atoms with Gasteiger partial charge >= 0.3 is 0 Å². The highest BCUT2D eigenvalue weighted by Gasteiger charge is 2.08. The monoisotopic (exact) mass is 242 g/mol. The molecule has 0 saturated carbocycles. The lowest BCUT2D eigenvalue weighted by atomic mass is 10.0. The molecule has 0 aromatic heterocycles. The second kappa shape index (κ2) is 5.33. The number of methoxy groups -OCH3 is 1. The summed E-state index contributed by atoms with van der Waals surface area (Å²) in [6.07, 6.45) is 0. The van der Waals surface area contributed by atoms with E-state index in [1.54, 1.807) is 19.2 Å². The van der Waals surface area contributed by atoms with Crippen LogP contribution in [-0.2, 0) is 0 Å².